The molecule has 1 aromatic rings. The molecule has 1 saturated heterocycles. The molecule has 1 heterocycles. The second kappa shape index (κ2) is 4.82. The third-order valence-corrected chi connectivity index (χ3v) is 3.29. The first kappa shape index (κ1) is 13.8. The van der Waals surface area contributed by atoms with Gasteiger partial charge in [0, 0.05) is 0 Å². The molecular weight excluding hydrogens is 254 g/mol. The van der Waals surface area contributed by atoms with Gasteiger partial charge in [-0.15, -0.1) is 0 Å². The zero-order valence-corrected chi connectivity index (χ0v) is 11.4. The zero-order chi connectivity index (χ0) is 14.9. The Bertz CT molecular complexity index is 628. The van der Waals surface area contributed by atoms with E-state index in [2.05, 4.69) is 11.9 Å². The summed E-state index contributed by atoms with van der Waals surface area (Å²) in [4.78, 5) is 25.6. The zero-order valence-electron chi connectivity index (χ0n) is 11.4. The summed E-state index contributed by atoms with van der Waals surface area (Å²) in [6.45, 7) is 7.35. The number of hydrogen-bond donors (Lipinski definition) is 1. The van der Waals surface area contributed by atoms with Crippen molar-refractivity contribution in [3.8, 4) is 6.07 Å². The minimum absolute atomic E-state index is 0.205. The summed E-state index contributed by atoms with van der Waals surface area (Å²) < 4.78 is 0. The molecule has 5 nitrogen and oxygen atoms in total. The molecule has 3 amide bonds. The van der Waals surface area contributed by atoms with Gasteiger partial charge in [-0.05, 0) is 31.5 Å². The summed E-state index contributed by atoms with van der Waals surface area (Å²) in [5.41, 5.74) is 0.796. The molecule has 5 heteroatoms. The number of benzene rings is 1. The van der Waals surface area contributed by atoms with Crippen LogP contribution >= 0.6 is 0 Å². The molecule has 0 aromatic heterocycles. The molecule has 20 heavy (non-hydrogen) atoms. The lowest BCUT2D eigenvalue weighted by molar-refractivity contribution is -0.130. The summed E-state index contributed by atoms with van der Waals surface area (Å²) >= 11 is 0. The van der Waals surface area contributed by atoms with Crippen molar-refractivity contribution in [2.24, 2.45) is 0 Å². The van der Waals surface area contributed by atoms with Crippen LogP contribution in [0.2, 0.25) is 0 Å². The van der Waals surface area contributed by atoms with Gasteiger partial charge in [0.2, 0.25) is 0 Å². The van der Waals surface area contributed by atoms with Crippen molar-refractivity contribution in [3.63, 3.8) is 0 Å². The fourth-order valence-corrected chi connectivity index (χ4v) is 2.18. The summed E-state index contributed by atoms with van der Waals surface area (Å²) in [6, 6.07) is 8.21. The van der Waals surface area contributed by atoms with E-state index >= 15 is 0 Å². The van der Waals surface area contributed by atoms with Gasteiger partial charge in [-0.2, -0.15) is 5.26 Å². The molecule has 1 aromatic carbocycles. The summed E-state index contributed by atoms with van der Waals surface area (Å²) in [5.74, 6) is -0.310. The number of carbonyl (C=O) groups is 2. The topological polar surface area (TPSA) is 73.2 Å². The third-order valence-electron chi connectivity index (χ3n) is 3.29. The number of urea groups is 1. The molecule has 1 unspecified atom stereocenters. The van der Waals surface area contributed by atoms with E-state index in [-0.39, 0.29) is 12.5 Å². The summed E-state index contributed by atoms with van der Waals surface area (Å²) in [6.07, 6.45) is 0. The fraction of sp³-hybridized carbons (Fsp3) is 0.267. The summed E-state index contributed by atoms with van der Waals surface area (Å²) in [5, 5.41) is 11.5. The summed E-state index contributed by atoms with van der Waals surface area (Å²) in [7, 11) is 0. The van der Waals surface area contributed by atoms with Crippen LogP contribution in [0.4, 0.5) is 4.79 Å². The van der Waals surface area contributed by atoms with Gasteiger partial charge in [0.25, 0.3) is 5.91 Å². The number of nitrogens with zero attached hydrogens (tertiary/aromatic N) is 2. The largest absolute Gasteiger partial charge is 0.325 e. The van der Waals surface area contributed by atoms with Gasteiger partial charge >= 0.3 is 6.03 Å². The van der Waals surface area contributed by atoms with Gasteiger partial charge in [0.05, 0.1) is 18.2 Å². The predicted octanol–water partition coefficient (Wildman–Crippen LogP) is 1.90. The molecular formula is C15H15N3O2. The fourth-order valence-electron chi connectivity index (χ4n) is 2.18. The van der Waals surface area contributed by atoms with E-state index in [0.29, 0.717) is 11.1 Å². The quantitative estimate of drug-likeness (QED) is 0.672. The van der Waals surface area contributed by atoms with Crippen LogP contribution in [0.3, 0.4) is 0 Å². The van der Waals surface area contributed by atoms with Crippen LogP contribution in [0.15, 0.2) is 36.4 Å². The van der Waals surface area contributed by atoms with E-state index in [1.807, 2.05) is 6.07 Å². The van der Waals surface area contributed by atoms with E-state index in [4.69, 9.17) is 5.26 Å². The molecule has 1 atom stereocenters. The minimum atomic E-state index is -1.10. The normalized spacial score (nSPS) is 21.6. The Morgan fingerprint density at radius 3 is 2.50 bits per heavy atom. The number of hydrogen-bond acceptors (Lipinski definition) is 3. The maximum atomic E-state index is 12.5. The van der Waals surface area contributed by atoms with Gasteiger partial charge in [-0.1, -0.05) is 24.3 Å². The van der Waals surface area contributed by atoms with E-state index in [1.54, 1.807) is 38.1 Å². The van der Waals surface area contributed by atoms with E-state index < -0.39 is 11.6 Å². The lowest BCUT2D eigenvalue weighted by atomic mass is 9.91. The van der Waals surface area contributed by atoms with Crippen molar-refractivity contribution in [1.82, 2.24) is 10.2 Å². The number of imide groups is 1. The van der Waals surface area contributed by atoms with E-state index in [9.17, 15) is 9.59 Å². The SMILES string of the molecule is C=C(C)CN1C(=O)NC(C)(c2ccc(C#N)cc2)C1=O. The Balaban J connectivity index is 2.35. The number of amides is 3. The maximum absolute atomic E-state index is 12.5. The molecule has 0 aliphatic carbocycles. The van der Waals surface area contributed by atoms with Crippen molar-refractivity contribution in [2.45, 2.75) is 19.4 Å². The molecule has 0 radical (unpaired) electrons. The van der Waals surface area contributed by atoms with Crippen LogP contribution in [-0.2, 0) is 10.3 Å². The maximum Gasteiger partial charge on any atom is 0.325 e. The highest BCUT2D eigenvalue weighted by Crippen LogP contribution is 2.29. The molecule has 1 aliphatic heterocycles. The van der Waals surface area contributed by atoms with E-state index in [0.717, 1.165) is 10.5 Å². The number of carbonyl (C=O) groups excluding carboxylic acids is 2. The van der Waals surface area contributed by atoms with Crippen molar-refractivity contribution in [3.05, 3.63) is 47.5 Å². The Labute approximate surface area is 117 Å². The van der Waals surface area contributed by atoms with Crippen LogP contribution in [0.25, 0.3) is 0 Å². The standard InChI is InChI=1S/C15H15N3O2/c1-10(2)9-18-13(19)15(3,17-14(18)20)12-6-4-11(8-16)5-7-12/h4-7H,1,9H2,2-3H3,(H,17,20). The van der Waals surface area contributed by atoms with Crippen LogP contribution < -0.4 is 5.32 Å². The van der Waals surface area contributed by atoms with Gasteiger partial charge in [0.1, 0.15) is 5.54 Å². The Kier molecular flexibility index (Phi) is 3.33. The highest BCUT2D eigenvalue weighted by molar-refractivity contribution is 6.07. The Morgan fingerprint density at radius 1 is 1.40 bits per heavy atom. The highest BCUT2D eigenvalue weighted by atomic mass is 16.2. The number of rotatable bonds is 3. The minimum Gasteiger partial charge on any atom is -0.319 e. The molecule has 1 aliphatic rings. The van der Waals surface area contributed by atoms with Crippen molar-refractivity contribution in [2.75, 3.05) is 6.54 Å². The Hall–Kier alpha value is -2.61. The Morgan fingerprint density at radius 2 is 2.00 bits per heavy atom. The van der Waals surface area contributed by atoms with Crippen LogP contribution in [0.5, 0.6) is 0 Å². The molecule has 2 rings (SSSR count). The number of nitriles is 1. The van der Waals surface area contributed by atoms with Crippen LogP contribution in [0, 0.1) is 11.3 Å². The van der Waals surface area contributed by atoms with Gasteiger partial charge < -0.3 is 5.32 Å². The third kappa shape index (κ3) is 2.16. The van der Waals surface area contributed by atoms with Gasteiger partial charge in [-0.3, -0.25) is 9.69 Å². The molecule has 0 saturated carbocycles. The highest BCUT2D eigenvalue weighted by Gasteiger charge is 2.48. The number of nitrogens with one attached hydrogen (secondary N) is 1. The van der Waals surface area contributed by atoms with Crippen molar-refractivity contribution in [1.29, 1.82) is 5.26 Å². The molecule has 0 spiro atoms. The second-order valence-electron chi connectivity index (χ2n) is 5.09. The first-order valence-electron chi connectivity index (χ1n) is 6.17. The van der Waals surface area contributed by atoms with Crippen molar-refractivity contribution < 1.29 is 9.59 Å². The smallest absolute Gasteiger partial charge is 0.319 e. The lowest BCUT2D eigenvalue weighted by Gasteiger charge is -2.22. The molecule has 0 bridgehead atoms. The average Bonchev–Trinajstić information content (AvgIpc) is 2.63. The van der Waals surface area contributed by atoms with Gasteiger partial charge in [0.15, 0.2) is 0 Å². The van der Waals surface area contributed by atoms with Crippen molar-refractivity contribution >= 4 is 11.9 Å². The van der Waals surface area contributed by atoms with Crippen LogP contribution in [0.1, 0.15) is 25.0 Å². The predicted molar refractivity (Wildman–Crippen MR) is 73.6 cm³/mol. The van der Waals surface area contributed by atoms with Gasteiger partial charge in [-0.25, -0.2) is 4.79 Å². The molecule has 1 fully saturated rings. The average molecular weight is 269 g/mol. The second-order valence-corrected chi connectivity index (χ2v) is 5.09. The van der Waals surface area contributed by atoms with Crippen LogP contribution in [-0.4, -0.2) is 23.4 Å². The molecule has 1 N–H and O–H groups in total. The monoisotopic (exact) mass is 269 g/mol. The first-order valence-corrected chi connectivity index (χ1v) is 6.17. The van der Waals surface area contributed by atoms with E-state index in [1.165, 1.54) is 0 Å². The lowest BCUT2D eigenvalue weighted by Crippen LogP contribution is -2.41. The molecule has 102 valence electrons. The first-order chi connectivity index (χ1) is 9.38.